The maximum absolute atomic E-state index is 11.3. The highest BCUT2D eigenvalue weighted by Crippen LogP contribution is 1.92. The number of nitrogens with one attached hydrogen (secondary N) is 2. The Balaban J connectivity index is 2.18. The molecule has 5 nitrogen and oxygen atoms in total. The number of ether oxygens (including phenoxy) is 1. The van der Waals surface area contributed by atoms with E-state index in [4.69, 9.17) is 10.00 Å². The van der Waals surface area contributed by atoms with Gasteiger partial charge in [-0.3, -0.25) is 4.79 Å². The molecule has 0 bridgehead atoms. The molecule has 1 atom stereocenters. The molecule has 1 heterocycles. The van der Waals surface area contributed by atoms with E-state index < -0.39 is 0 Å². The summed E-state index contributed by atoms with van der Waals surface area (Å²) in [4.78, 5) is 11.3. The van der Waals surface area contributed by atoms with Gasteiger partial charge >= 0.3 is 0 Å². The Morgan fingerprint density at radius 2 is 2.62 bits per heavy atom. The van der Waals surface area contributed by atoms with E-state index in [1.54, 1.807) is 0 Å². The number of carbonyl (C=O) groups excluding carboxylic acids is 1. The minimum Gasteiger partial charge on any atom is -0.378 e. The topological polar surface area (TPSA) is 74.2 Å². The molecular weight excluding hydrogens is 170 g/mol. The molecule has 1 rings (SSSR count). The minimum absolute atomic E-state index is 0.0880. The molecule has 0 aromatic heterocycles. The van der Waals surface area contributed by atoms with Crippen LogP contribution in [0.5, 0.6) is 0 Å². The lowest BCUT2D eigenvalue weighted by Crippen LogP contribution is -2.51. The number of morpholine rings is 1. The van der Waals surface area contributed by atoms with Crippen molar-refractivity contribution in [3.05, 3.63) is 0 Å². The Bertz CT molecular complexity index is 206. The van der Waals surface area contributed by atoms with Gasteiger partial charge in [-0.1, -0.05) is 0 Å². The zero-order chi connectivity index (χ0) is 9.52. The number of amides is 1. The minimum atomic E-state index is -0.257. The molecule has 13 heavy (non-hydrogen) atoms. The van der Waals surface area contributed by atoms with Gasteiger partial charge in [0.05, 0.1) is 25.7 Å². The van der Waals surface area contributed by atoms with E-state index in [0.29, 0.717) is 32.7 Å². The highest BCUT2D eigenvalue weighted by Gasteiger charge is 2.20. The lowest BCUT2D eigenvalue weighted by Gasteiger charge is -2.22. The van der Waals surface area contributed by atoms with Crippen LogP contribution in [-0.2, 0) is 9.53 Å². The van der Waals surface area contributed by atoms with Gasteiger partial charge in [-0.15, -0.1) is 0 Å². The number of hydrogen-bond donors (Lipinski definition) is 2. The summed E-state index contributed by atoms with van der Waals surface area (Å²) in [6.07, 6.45) is 0.347. The van der Waals surface area contributed by atoms with Gasteiger partial charge < -0.3 is 15.4 Å². The van der Waals surface area contributed by atoms with Crippen molar-refractivity contribution in [2.75, 3.05) is 26.3 Å². The summed E-state index contributed by atoms with van der Waals surface area (Å²) in [5.74, 6) is -0.0880. The first kappa shape index (κ1) is 9.96. The number of hydrogen-bond acceptors (Lipinski definition) is 4. The highest BCUT2D eigenvalue weighted by atomic mass is 16.5. The van der Waals surface area contributed by atoms with Crippen molar-refractivity contribution in [3.63, 3.8) is 0 Å². The maximum Gasteiger partial charge on any atom is 0.239 e. The van der Waals surface area contributed by atoms with Crippen LogP contribution in [0, 0.1) is 11.3 Å². The monoisotopic (exact) mass is 183 g/mol. The van der Waals surface area contributed by atoms with E-state index in [1.165, 1.54) is 0 Å². The summed E-state index contributed by atoms with van der Waals surface area (Å²) >= 11 is 0. The summed E-state index contributed by atoms with van der Waals surface area (Å²) < 4.78 is 5.12. The van der Waals surface area contributed by atoms with Crippen LogP contribution in [0.4, 0.5) is 0 Å². The van der Waals surface area contributed by atoms with Crippen molar-refractivity contribution >= 4 is 5.91 Å². The van der Waals surface area contributed by atoms with Crippen LogP contribution >= 0.6 is 0 Å². The summed E-state index contributed by atoms with van der Waals surface area (Å²) in [5, 5.41) is 13.9. The number of nitrogens with zero attached hydrogens (tertiary/aromatic N) is 1. The zero-order valence-corrected chi connectivity index (χ0v) is 7.38. The molecule has 0 spiro atoms. The van der Waals surface area contributed by atoms with Gasteiger partial charge in [-0.25, -0.2) is 0 Å². The SMILES string of the molecule is N#CCCNC(=O)C1COCCN1. The maximum atomic E-state index is 11.3. The van der Waals surface area contributed by atoms with Crippen molar-refractivity contribution in [2.45, 2.75) is 12.5 Å². The smallest absolute Gasteiger partial charge is 0.239 e. The summed E-state index contributed by atoms with van der Waals surface area (Å²) in [5.41, 5.74) is 0. The summed E-state index contributed by atoms with van der Waals surface area (Å²) in [6.45, 7) is 2.18. The molecule has 0 radical (unpaired) electrons. The van der Waals surface area contributed by atoms with Crippen LogP contribution in [0.25, 0.3) is 0 Å². The van der Waals surface area contributed by atoms with Crippen molar-refractivity contribution in [1.82, 2.24) is 10.6 Å². The summed E-state index contributed by atoms with van der Waals surface area (Å²) in [6, 6.07) is 1.70. The molecule has 72 valence electrons. The molecule has 1 saturated heterocycles. The number of rotatable bonds is 3. The first-order chi connectivity index (χ1) is 6.34. The third-order valence-electron chi connectivity index (χ3n) is 1.77. The normalized spacial score (nSPS) is 21.9. The van der Waals surface area contributed by atoms with Crippen molar-refractivity contribution in [3.8, 4) is 6.07 Å². The van der Waals surface area contributed by atoms with Crippen LogP contribution in [0.1, 0.15) is 6.42 Å². The van der Waals surface area contributed by atoms with E-state index in [1.807, 2.05) is 6.07 Å². The first-order valence-electron chi connectivity index (χ1n) is 4.30. The average Bonchev–Trinajstić information content (AvgIpc) is 2.19. The Morgan fingerprint density at radius 3 is 3.23 bits per heavy atom. The molecule has 1 fully saturated rings. The van der Waals surface area contributed by atoms with Gasteiger partial charge in [0, 0.05) is 13.1 Å². The second kappa shape index (κ2) is 5.51. The van der Waals surface area contributed by atoms with Crippen LogP contribution < -0.4 is 10.6 Å². The van der Waals surface area contributed by atoms with E-state index in [2.05, 4.69) is 10.6 Å². The molecular formula is C8H13N3O2. The third-order valence-corrected chi connectivity index (χ3v) is 1.77. The van der Waals surface area contributed by atoms with Crippen LogP contribution in [0.15, 0.2) is 0 Å². The van der Waals surface area contributed by atoms with Crippen LogP contribution in [0.2, 0.25) is 0 Å². The van der Waals surface area contributed by atoms with E-state index in [0.717, 1.165) is 0 Å². The third kappa shape index (κ3) is 3.40. The number of nitriles is 1. The van der Waals surface area contributed by atoms with Crippen molar-refractivity contribution in [1.29, 1.82) is 5.26 Å². The molecule has 0 aliphatic carbocycles. The van der Waals surface area contributed by atoms with E-state index in [-0.39, 0.29) is 11.9 Å². The van der Waals surface area contributed by atoms with E-state index >= 15 is 0 Å². The number of carbonyl (C=O) groups is 1. The lowest BCUT2D eigenvalue weighted by atomic mass is 10.2. The molecule has 0 aromatic rings. The molecule has 1 aliphatic rings. The second-order valence-corrected chi connectivity index (χ2v) is 2.78. The van der Waals surface area contributed by atoms with Crippen molar-refractivity contribution < 1.29 is 9.53 Å². The van der Waals surface area contributed by atoms with Crippen LogP contribution in [-0.4, -0.2) is 38.3 Å². The Kier molecular flexibility index (Phi) is 4.23. The van der Waals surface area contributed by atoms with E-state index in [9.17, 15) is 4.79 Å². The van der Waals surface area contributed by atoms with Gasteiger partial charge in [0.25, 0.3) is 0 Å². The van der Waals surface area contributed by atoms with Crippen molar-refractivity contribution in [2.24, 2.45) is 0 Å². The van der Waals surface area contributed by atoms with Gasteiger partial charge in [0.15, 0.2) is 0 Å². The summed E-state index contributed by atoms with van der Waals surface area (Å²) in [7, 11) is 0. The predicted molar refractivity (Wildman–Crippen MR) is 45.8 cm³/mol. The molecule has 1 unspecified atom stereocenters. The molecule has 5 heteroatoms. The molecule has 1 aliphatic heterocycles. The predicted octanol–water partition coefficient (Wildman–Crippen LogP) is -0.995. The van der Waals surface area contributed by atoms with Gasteiger partial charge in [-0.05, 0) is 0 Å². The Hall–Kier alpha value is -1.12. The fourth-order valence-corrected chi connectivity index (χ4v) is 1.10. The van der Waals surface area contributed by atoms with Gasteiger partial charge in [-0.2, -0.15) is 5.26 Å². The average molecular weight is 183 g/mol. The van der Waals surface area contributed by atoms with Gasteiger partial charge in [0.2, 0.25) is 5.91 Å². The van der Waals surface area contributed by atoms with Crippen LogP contribution in [0.3, 0.4) is 0 Å². The molecule has 2 N–H and O–H groups in total. The quantitative estimate of drug-likeness (QED) is 0.551. The zero-order valence-electron chi connectivity index (χ0n) is 7.38. The molecule has 0 saturated carbocycles. The fourth-order valence-electron chi connectivity index (χ4n) is 1.10. The highest BCUT2D eigenvalue weighted by molar-refractivity contribution is 5.81. The fraction of sp³-hybridized carbons (Fsp3) is 0.750. The second-order valence-electron chi connectivity index (χ2n) is 2.78. The molecule has 1 amide bonds. The molecule has 0 aromatic carbocycles. The Labute approximate surface area is 77.1 Å². The largest absolute Gasteiger partial charge is 0.378 e. The first-order valence-corrected chi connectivity index (χ1v) is 4.30. The lowest BCUT2D eigenvalue weighted by molar-refractivity contribution is -0.125. The Morgan fingerprint density at radius 1 is 1.77 bits per heavy atom. The van der Waals surface area contributed by atoms with Gasteiger partial charge in [0.1, 0.15) is 6.04 Å². The standard InChI is InChI=1S/C8H13N3O2/c9-2-1-3-11-8(12)7-6-13-5-4-10-7/h7,10H,1,3-6H2,(H,11,12).